The second-order valence-corrected chi connectivity index (χ2v) is 5.74. The first-order valence-electron chi connectivity index (χ1n) is 7.64. The van der Waals surface area contributed by atoms with Crippen LogP contribution in [0.2, 0.25) is 0 Å². The molecule has 1 saturated heterocycles. The SMILES string of the molecule is COc1cccc2c(C)c(C(=O)N3CCCCC3C(=O)O)oc12. The lowest BCUT2D eigenvalue weighted by Crippen LogP contribution is -2.48. The summed E-state index contributed by atoms with van der Waals surface area (Å²) in [6.45, 7) is 2.24. The van der Waals surface area contributed by atoms with Gasteiger partial charge in [0.2, 0.25) is 0 Å². The molecule has 0 spiro atoms. The van der Waals surface area contributed by atoms with Gasteiger partial charge in [0.25, 0.3) is 5.91 Å². The number of carbonyl (C=O) groups is 2. The van der Waals surface area contributed by atoms with E-state index in [1.807, 2.05) is 12.1 Å². The largest absolute Gasteiger partial charge is 0.493 e. The normalized spacial score (nSPS) is 18.2. The average Bonchev–Trinajstić information content (AvgIpc) is 2.91. The number of para-hydroxylation sites is 1. The molecule has 6 nitrogen and oxygen atoms in total. The molecule has 0 radical (unpaired) electrons. The molecule has 1 fully saturated rings. The van der Waals surface area contributed by atoms with Gasteiger partial charge in [-0.15, -0.1) is 0 Å². The van der Waals surface area contributed by atoms with E-state index in [-0.39, 0.29) is 11.7 Å². The highest BCUT2D eigenvalue weighted by atomic mass is 16.5. The van der Waals surface area contributed by atoms with E-state index in [9.17, 15) is 14.7 Å². The molecular weight excluding hydrogens is 298 g/mol. The van der Waals surface area contributed by atoms with Crippen LogP contribution in [0, 0.1) is 6.92 Å². The third-order valence-electron chi connectivity index (χ3n) is 4.39. The quantitative estimate of drug-likeness (QED) is 0.941. The second kappa shape index (κ2) is 5.95. The van der Waals surface area contributed by atoms with Gasteiger partial charge >= 0.3 is 5.97 Å². The van der Waals surface area contributed by atoms with E-state index in [1.165, 1.54) is 4.90 Å². The lowest BCUT2D eigenvalue weighted by molar-refractivity contribution is -0.143. The number of rotatable bonds is 3. The summed E-state index contributed by atoms with van der Waals surface area (Å²) in [6.07, 6.45) is 2.09. The molecule has 1 amide bonds. The molecule has 1 atom stereocenters. The summed E-state index contributed by atoms with van der Waals surface area (Å²) >= 11 is 0. The number of likely N-dealkylation sites (tertiary alicyclic amines) is 1. The molecule has 1 aliphatic rings. The number of carboxylic acid groups (broad SMARTS) is 1. The smallest absolute Gasteiger partial charge is 0.326 e. The number of fused-ring (bicyclic) bond motifs is 1. The van der Waals surface area contributed by atoms with Crippen molar-refractivity contribution < 1.29 is 23.8 Å². The minimum absolute atomic E-state index is 0.192. The average molecular weight is 317 g/mol. The summed E-state index contributed by atoms with van der Waals surface area (Å²) in [4.78, 5) is 25.7. The maximum Gasteiger partial charge on any atom is 0.326 e. The Labute approximate surface area is 133 Å². The monoisotopic (exact) mass is 317 g/mol. The van der Waals surface area contributed by atoms with E-state index < -0.39 is 12.0 Å². The Morgan fingerprint density at radius 1 is 1.35 bits per heavy atom. The number of hydrogen-bond donors (Lipinski definition) is 1. The fraction of sp³-hybridized carbons (Fsp3) is 0.412. The van der Waals surface area contributed by atoms with Gasteiger partial charge in [-0.25, -0.2) is 4.79 Å². The van der Waals surface area contributed by atoms with Crippen molar-refractivity contribution in [3.63, 3.8) is 0 Å². The Kier molecular flexibility index (Phi) is 3.98. The van der Waals surface area contributed by atoms with Gasteiger partial charge in [0.15, 0.2) is 17.1 Å². The van der Waals surface area contributed by atoms with Crippen LogP contribution in [0.25, 0.3) is 11.0 Å². The van der Waals surface area contributed by atoms with Crippen LogP contribution in [-0.2, 0) is 4.79 Å². The van der Waals surface area contributed by atoms with Crippen molar-refractivity contribution in [3.05, 3.63) is 29.5 Å². The highest BCUT2D eigenvalue weighted by Gasteiger charge is 2.35. The molecule has 2 aromatic rings. The molecule has 0 bridgehead atoms. The van der Waals surface area contributed by atoms with Gasteiger partial charge in [-0.3, -0.25) is 4.79 Å². The predicted molar refractivity (Wildman–Crippen MR) is 83.8 cm³/mol. The standard InChI is InChI=1S/C17H19NO5/c1-10-11-6-5-8-13(22-2)15(11)23-14(10)16(19)18-9-4-3-7-12(18)17(20)21/h5-6,8,12H,3-4,7,9H2,1-2H3,(H,20,21). The molecule has 6 heteroatoms. The molecule has 1 unspecified atom stereocenters. The number of piperidine rings is 1. The number of aryl methyl sites for hydroxylation is 1. The lowest BCUT2D eigenvalue weighted by atomic mass is 10.0. The molecule has 1 aliphatic heterocycles. The van der Waals surface area contributed by atoms with Crippen molar-refractivity contribution in [2.24, 2.45) is 0 Å². The maximum atomic E-state index is 12.8. The van der Waals surface area contributed by atoms with Crippen molar-refractivity contribution >= 4 is 22.8 Å². The molecule has 3 rings (SSSR count). The number of methoxy groups -OCH3 is 1. The number of aliphatic carboxylic acids is 1. The third kappa shape index (κ3) is 2.54. The molecule has 0 saturated carbocycles. The van der Waals surface area contributed by atoms with Crippen molar-refractivity contribution in [2.75, 3.05) is 13.7 Å². The zero-order valence-electron chi connectivity index (χ0n) is 13.2. The topological polar surface area (TPSA) is 80.0 Å². The summed E-state index contributed by atoms with van der Waals surface area (Å²) in [5, 5.41) is 10.2. The fourth-order valence-electron chi connectivity index (χ4n) is 3.14. The van der Waals surface area contributed by atoms with Crippen LogP contribution in [0.5, 0.6) is 5.75 Å². The van der Waals surface area contributed by atoms with Gasteiger partial charge in [-0.05, 0) is 32.3 Å². The molecule has 1 aromatic carbocycles. The molecule has 122 valence electrons. The maximum absolute atomic E-state index is 12.8. The van der Waals surface area contributed by atoms with Crippen molar-refractivity contribution in [1.29, 1.82) is 0 Å². The first kappa shape index (κ1) is 15.4. The first-order valence-corrected chi connectivity index (χ1v) is 7.64. The Morgan fingerprint density at radius 3 is 2.83 bits per heavy atom. The Morgan fingerprint density at radius 2 is 2.13 bits per heavy atom. The first-order chi connectivity index (χ1) is 11.0. The molecule has 0 aliphatic carbocycles. The highest BCUT2D eigenvalue weighted by molar-refractivity contribution is 6.01. The van der Waals surface area contributed by atoms with Crippen LogP contribution in [0.15, 0.2) is 22.6 Å². The van der Waals surface area contributed by atoms with E-state index in [1.54, 1.807) is 20.1 Å². The molecule has 23 heavy (non-hydrogen) atoms. The van der Waals surface area contributed by atoms with Gasteiger partial charge in [0.05, 0.1) is 7.11 Å². The highest BCUT2D eigenvalue weighted by Crippen LogP contribution is 2.33. The Hall–Kier alpha value is -2.50. The van der Waals surface area contributed by atoms with Crippen molar-refractivity contribution in [1.82, 2.24) is 4.90 Å². The second-order valence-electron chi connectivity index (χ2n) is 5.74. The van der Waals surface area contributed by atoms with Crippen LogP contribution < -0.4 is 4.74 Å². The van der Waals surface area contributed by atoms with Gasteiger partial charge < -0.3 is 19.2 Å². The lowest BCUT2D eigenvalue weighted by Gasteiger charge is -2.32. The van der Waals surface area contributed by atoms with Gasteiger partial charge in [0, 0.05) is 17.5 Å². The number of furan rings is 1. The number of carboxylic acids is 1. The van der Waals surface area contributed by atoms with Crippen molar-refractivity contribution in [2.45, 2.75) is 32.2 Å². The Balaban J connectivity index is 2.03. The number of carbonyl (C=O) groups excluding carboxylic acids is 1. The fourth-order valence-corrected chi connectivity index (χ4v) is 3.14. The predicted octanol–water partition coefficient (Wildman–Crippen LogP) is 2.83. The van der Waals surface area contributed by atoms with E-state index in [2.05, 4.69) is 0 Å². The summed E-state index contributed by atoms with van der Waals surface area (Å²) in [5.74, 6) is -0.590. The van der Waals surface area contributed by atoms with Crippen LogP contribution in [-0.4, -0.2) is 41.6 Å². The summed E-state index contributed by atoms with van der Waals surface area (Å²) in [7, 11) is 1.54. The molecule has 1 aromatic heterocycles. The zero-order chi connectivity index (χ0) is 16.6. The molecule has 2 heterocycles. The number of hydrogen-bond acceptors (Lipinski definition) is 4. The number of nitrogens with zero attached hydrogens (tertiary/aromatic N) is 1. The van der Waals surface area contributed by atoms with Gasteiger partial charge in [-0.1, -0.05) is 12.1 Å². The van der Waals surface area contributed by atoms with E-state index in [0.717, 1.165) is 18.2 Å². The zero-order valence-corrected chi connectivity index (χ0v) is 13.2. The number of ether oxygens (including phenoxy) is 1. The van der Waals surface area contributed by atoms with Crippen LogP contribution in [0.4, 0.5) is 0 Å². The van der Waals surface area contributed by atoms with Crippen LogP contribution >= 0.6 is 0 Å². The molecular formula is C17H19NO5. The Bertz CT molecular complexity index is 764. The van der Waals surface area contributed by atoms with Gasteiger partial charge in [-0.2, -0.15) is 0 Å². The van der Waals surface area contributed by atoms with E-state index in [0.29, 0.717) is 29.9 Å². The van der Waals surface area contributed by atoms with Crippen molar-refractivity contribution in [3.8, 4) is 5.75 Å². The molecule has 1 N–H and O–H groups in total. The van der Waals surface area contributed by atoms with Crippen LogP contribution in [0.1, 0.15) is 35.4 Å². The van der Waals surface area contributed by atoms with E-state index in [4.69, 9.17) is 9.15 Å². The van der Waals surface area contributed by atoms with E-state index >= 15 is 0 Å². The summed E-state index contributed by atoms with van der Waals surface area (Å²) in [5.41, 5.74) is 1.22. The number of amides is 1. The minimum atomic E-state index is -0.968. The van der Waals surface area contributed by atoms with Crippen LogP contribution in [0.3, 0.4) is 0 Å². The van der Waals surface area contributed by atoms with Gasteiger partial charge in [0.1, 0.15) is 6.04 Å². The third-order valence-corrected chi connectivity index (χ3v) is 4.39. The summed E-state index contributed by atoms with van der Waals surface area (Å²) in [6, 6.07) is 4.67. The minimum Gasteiger partial charge on any atom is -0.493 e. The number of benzene rings is 1. The summed E-state index contributed by atoms with van der Waals surface area (Å²) < 4.78 is 11.0.